The summed E-state index contributed by atoms with van der Waals surface area (Å²) in [5, 5.41) is 9.51. The summed E-state index contributed by atoms with van der Waals surface area (Å²) in [6.45, 7) is 6.46. The second kappa shape index (κ2) is 9.32. The summed E-state index contributed by atoms with van der Waals surface area (Å²) >= 11 is 0. The van der Waals surface area contributed by atoms with E-state index < -0.39 is 0 Å². The maximum absolute atomic E-state index is 12.7. The van der Waals surface area contributed by atoms with Crippen molar-refractivity contribution in [3.05, 3.63) is 36.0 Å². The van der Waals surface area contributed by atoms with E-state index in [-0.39, 0.29) is 17.4 Å². The van der Waals surface area contributed by atoms with Crippen LogP contribution in [0.4, 0.5) is 5.69 Å². The Kier molecular flexibility index (Phi) is 6.60. The number of rotatable bonds is 4. The Balaban J connectivity index is 1.59. The zero-order valence-corrected chi connectivity index (χ0v) is 17.0. The molecular formula is C21H27N5O3. The lowest BCUT2D eigenvalue weighted by molar-refractivity contribution is -0.136. The summed E-state index contributed by atoms with van der Waals surface area (Å²) in [6, 6.07) is 9.97. The van der Waals surface area contributed by atoms with Crippen LogP contribution in [0, 0.1) is 11.3 Å². The van der Waals surface area contributed by atoms with Crippen LogP contribution in [0.15, 0.2) is 36.0 Å². The van der Waals surface area contributed by atoms with Crippen LogP contribution >= 0.6 is 0 Å². The molecule has 0 unspecified atom stereocenters. The van der Waals surface area contributed by atoms with Gasteiger partial charge in [0, 0.05) is 65.5 Å². The first-order chi connectivity index (χ1) is 14.0. The molecular weight excluding hydrogens is 370 g/mol. The molecule has 154 valence electrons. The first-order valence-corrected chi connectivity index (χ1v) is 9.82. The number of carbonyl (C=O) groups excluding carboxylic acids is 2. The van der Waals surface area contributed by atoms with Crippen LogP contribution in [-0.2, 0) is 9.59 Å². The summed E-state index contributed by atoms with van der Waals surface area (Å²) < 4.78 is 5.44. The number of benzene rings is 1. The molecule has 2 aliphatic rings. The molecule has 2 saturated heterocycles. The van der Waals surface area contributed by atoms with Crippen molar-refractivity contribution in [1.82, 2.24) is 14.7 Å². The molecule has 2 aliphatic heterocycles. The molecule has 2 amide bonds. The second-order valence-electron chi connectivity index (χ2n) is 7.15. The molecule has 2 heterocycles. The monoisotopic (exact) mass is 397 g/mol. The topological polar surface area (TPSA) is 80.1 Å². The quantitative estimate of drug-likeness (QED) is 0.555. The second-order valence-corrected chi connectivity index (χ2v) is 7.15. The standard InChI is InChI=1S/C21H27N5O3/c1-17(27)24-11-13-26(14-12-24)21(28)18(15-22)16-23-7-9-25(10-8-23)19-5-3-4-6-20(19)29-2/h3-6,16H,7-14H2,1-2H3/b18-16-. The minimum Gasteiger partial charge on any atom is -0.495 e. The van der Waals surface area contributed by atoms with E-state index in [1.807, 2.05) is 29.2 Å². The summed E-state index contributed by atoms with van der Waals surface area (Å²) in [5.41, 5.74) is 1.20. The molecule has 1 aromatic rings. The van der Waals surface area contributed by atoms with Crippen molar-refractivity contribution in [2.24, 2.45) is 0 Å². The highest BCUT2D eigenvalue weighted by molar-refractivity contribution is 5.97. The van der Waals surface area contributed by atoms with Crippen LogP contribution in [0.25, 0.3) is 0 Å². The third-order valence-electron chi connectivity index (χ3n) is 5.41. The largest absolute Gasteiger partial charge is 0.495 e. The zero-order chi connectivity index (χ0) is 20.8. The number of amides is 2. The maximum atomic E-state index is 12.7. The summed E-state index contributed by atoms with van der Waals surface area (Å²) in [4.78, 5) is 31.8. The summed E-state index contributed by atoms with van der Waals surface area (Å²) in [6.07, 6.45) is 1.68. The molecule has 0 spiro atoms. The van der Waals surface area contributed by atoms with E-state index in [0.717, 1.165) is 24.5 Å². The molecule has 0 N–H and O–H groups in total. The van der Waals surface area contributed by atoms with E-state index in [4.69, 9.17) is 4.74 Å². The Morgan fingerprint density at radius 3 is 2.21 bits per heavy atom. The van der Waals surface area contributed by atoms with Gasteiger partial charge < -0.3 is 24.3 Å². The van der Waals surface area contributed by atoms with Gasteiger partial charge in [0.1, 0.15) is 17.4 Å². The molecule has 2 fully saturated rings. The van der Waals surface area contributed by atoms with Crippen molar-refractivity contribution in [3.8, 4) is 11.8 Å². The Labute approximate surface area is 171 Å². The van der Waals surface area contributed by atoms with Crippen molar-refractivity contribution < 1.29 is 14.3 Å². The fourth-order valence-corrected chi connectivity index (χ4v) is 3.69. The SMILES string of the molecule is COc1ccccc1N1CCN(/C=C(/C#N)C(=O)N2CCN(C(C)=O)CC2)CC1. The first kappa shape index (κ1) is 20.5. The zero-order valence-electron chi connectivity index (χ0n) is 17.0. The average Bonchev–Trinajstić information content (AvgIpc) is 2.77. The molecule has 0 radical (unpaired) electrons. The third kappa shape index (κ3) is 4.80. The Hall–Kier alpha value is -3.21. The number of methoxy groups -OCH3 is 1. The molecule has 8 nitrogen and oxygen atoms in total. The lowest BCUT2D eigenvalue weighted by Crippen LogP contribution is -2.50. The van der Waals surface area contributed by atoms with Crippen molar-refractivity contribution >= 4 is 17.5 Å². The molecule has 0 aromatic heterocycles. The number of para-hydroxylation sites is 2. The lowest BCUT2D eigenvalue weighted by Gasteiger charge is -2.37. The Bertz CT molecular complexity index is 816. The highest BCUT2D eigenvalue weighted by Crippen LogP contribution is 2.28. The van der Waals surface area contributed by atoms with Crippen LogP contribution in [0.2, 0.25) is 0 Å². The third-order valence-corrected chi connectivity index (χ3v) is 5.41. The highest BCUT2D eigenvalue weighted by Gasteiger charge is 2.26. The van der Waals surface area contributed by atoms with Gasteiger partial charge in [0.2, 0.25) is 5.91 Å². The molecule has 3 rings (SSSR count). The van der Waals surface area contributed by atoms with Crippen molar-refractivity contribution in [2.75, 3.05) is 64.4 Å². The van der Waals surface area contributed by atoms with E-state index in [1.165, 1.54) is 6.92 Å². The van der Waals surface area contributed by atoms with Crippen LogP contribution in [0.5, 0.6) is 5.75 Å². The minimum absolute atomic E-state index is 0.0149. The number of ether oxygens (including phenoxy) is 1. The number of anilines is 1. The van der Waals surface area contributed by atoms with Gasteiger partial charge in [-0.2, -0.15) is 5.26 Å². The molecule has 0 atom stereocenters. The van der Waals surface area contributed by atoms with E-state index in [0.29, 0.717) is 39.3 Å². The van der Waals surface area contributed by atoms with E-state index in [9.17, 15) is 14.9 Å². The van der Waals surface area contributed by atoms with E-state index >= 15 is 0 Å². The van der Waals surface area contributed by atoms with Crippen molar-refractivity contribution in [3.63, 3.8) is 0 Å². The number of piperazine rings is 2. The fourth-order valence-electron chi connectivity index (χ4n) is 3.69. The summed E-state index contributed by atoms with van der Waals surface area (Å²) in [7, 11) is 1.67. The first-order valence-electron chi connectivity index (χ1n) is 9.82. The number of hydrogen-bond donors (Lipinski definition) is 0. The lowest BCUT2D eigenvalue weighted by atomic mass is 10.2. The Morgan fingerprint density at radius 1 is 1.00 bits per heavy atom. The molecule has 8 heteroatoms. The van der Waals surface area contributed by atoms with Crippen LogP contribution in [0.3, 0.4) is 0 Å². The van der Waals surface area contributed by atoms with Crippen LogP contribution in [-0.4, -0.2) is 86.0 Å². The molecule has 1 aromatic carbocycles. The normalized spacial score (nSPS) is 17.8. The maximum Gasteiger partial charge on any atom is 0.266 e. The van der Waals surface area contributed by atoms with Gasteiger partial charge in [-0.25, -0.2) is 0 Å². The van der Waals surface area contributed by atoms with E-state index in [2.05, 4.69) is 11.0 Å². The number of carbonyl (C=O) groups is 2. The molecule has 0 aliphatic carbocycles. The smallest absolute Gasteiger partial charge is 0.266 e. The average molecular weight is 397 g/mol. The van der Waals surface area contributed by atoms with Gasteiger partial charge in [0.25, 0.3) is 5.91 Å². The summed E-state index contributed by atoms with van der Waals surface area (Å²) in [5.74, 6) is 0.595. The fraction of sp³-hybridized carbons (Fsp3) is 0.476. The number of nitriles is 1. The number of hydrogen-bond acceptors (Lipinski definition) is 6. The molecule has 0 bridgehead atoms. The molecule has 29 heavy (non-hydrogen) atoms. The van der Waals surface area contributed by atoms with Gasteiger partial charge in [-0.15, -0.1) is 0 Å². The van der Waals surface area contributed by atoms with Gasteiger partial charge in [0.05, 0.1) is 12.8 Å². The van der Waals surface area contributed by atoms with Crippen molar-refractivity contribution in [2.45, 2.75) is 6.92 Å². The highest BCUT2D eigenvalue weighted by atomic mass is 16.5. The molecule has 0 saturated carbocycles. The number of nitrogens with zero attached hydrogens (tertiary/aromatic N) is 5. The Morgan fingerprint density at radius 2 is 1.62 bits per heavy atom. The van der Waals surface area contributed by atoms with Crippen LogP contribution < -0.4 is 9.64 Å². The van der Waals surface area contributed by atoms with Crippen LogP contribution in [0.1, 0.15) is 6.92 Å². The van der Waals surface area contributed by atoms with Gasteiger partial charge >= 0.3 is 0 Å². The van der Waals surface area contributed by atoms with Gasteiger partial charge in [0.15, 0.2) is 0 Å². The van der Waals surface area contributed by atoms with Gasteiger partial charge in [-0.3, -0.25) is 9.59 Å². The predicted octanol–water partition coefficient (Wildman–Crippen LogP) is 0.915. The van der Waals surface area contributed by atoms with Gasteiger partial charge in [-0.1, -0.05) is 12.1 Å². The van der Waals surface area contributed by atoms with Gasteiger partial charge in [-0.05, 0) is 12.1 Å². The van der Waals surface area contributed by atoms with E-state index in [1.54, 1.807) is 23.1 Å². The minimum atomic E-state index is -0.261. The predicted molar refractivity (Wildman–Crippen MR) is 109 cm³/mol. The van der Waals surface area contributed by atoms with Crippen molar-refractivity contribution in [1.29, 1.82) is 5.26 Å².